The molecule has 0 fully saturated rings. The summed E-state index contributed by atoms with van der Waals surface area (Å²) < 4.78 is 1.63. The number of benzene rings is 3. The van der Waals surface area contributed by atoms with E-state index in [4.69, 9.17) is 0 Å². The van der Waals surface area contributed by atoms with E-state index in [0.29, 0.717) is 40.8 Å². The molecule has 36 heavy (non-hydrogen) atoms. The highest BCUT2D eigenvalue weighted by atomic mass is 16.3. The fraction of sp³-hybridized carbons (Fsp3) is 0.200. The zero-order valence-corrected chi connectivity index (χ0v) is 20.5. The zero-order valence-electron chi connectivity index (χ0n) is 20.5. The summed E-state index contributed by atoms with van der Waals surface area (Å²) in [5.41, 5.74) is 4.12. The van der Waals surface area contributed by atoms with E-state index in [1.165, 1.54) is 6.21 Å². The fourth-order valence-corrected chi connectivity index (χ4v) is 4.68. The van der Waals surface area contributed by atoms with Gasteiger partial charge in [-0.1, -0.05) is 50.2 Å². The van der Waals surface area contributed by atoms with Gasteiger partial charge in [0.15, 0.2) is 5.78 Å². The Labute approximate surface area is 209 Å². The van der Waals surface area contributed by atoms with Crippen LogP contribution in [0.4, 0.5) is 5.69 Å². The number of aryl methyl sites for hydroxylation is 1. The number of ketones is 1. The molecule has 4 aromatic rings. The molecule has 1 aliphatic carbocycles. The number of nitrogens with zero attached hydrogens (tertiary/aromatic N) is 3. The van der Waals surface area contributed by atoms with Crippen LogP contribution in [0.5, 0.6) is 0 Å². The third-order valence-electron chi connectivity index (χ3n) is 6.51. The van der Waals surface area contributed by atoms with Gasteiger partial charge < -0.3 is 5.11 Å². The van der Waals surface area contributed by atoms with Crippen LogP contribution in [0.3, 0.4) is 0 Å². The van der Waals surface area contributed by atoms with Gasteiger partial charge in [-0.05, 0) is 59.9 Å². The predicted molar refractivity (Wildman–Crippen MR) is 143 cm³/mol. The smallest absolute Gasteiger partial charge is 0.265 e. The lowest BCUT2D eigenvalue weighted by molar-refractivity contribution is -0.117. The van der Waals surface area contributed by atoms with Gasteiger partial charge in [0.05, 0.1) is 27.9 Å². The van der Waals surface area contributed by atoms with E-state index in [0.717, 1.165) is 16.8 Å². The Hall–Kier alpha value is -4.32. The van der Waals surface area contributed by atoms with Crippen LogP contribution in [0.15, 0.2) is 93.9 Å². The number of aliphatic imine (C=N–C) groups is 1. The van der Waals surface area contributed by atoms with E-state index in [9.17, 15) is 14.7 Å². The number of allylic oxidation sites excluding steroid dienone is 2. The van der Waals surface area contributed by atoms with Crippen molar-refractivity contribution in [1.29, 1.82) is 0 Å². The van der Waals surface area contributed by atoms with E-state index in [1.807, 2.05) is 87.5 Å². The highest BCUT2D eigenvalue weighted by Crippen LogP contribution is 2.35. The number of carbonyl (C=O) groups excluding carboxylic acids is 1. The molecule has 1 N–H and O–H groups in total. The number of rotatable bonds is 4. The van der Waals surface area contributed by atoms with Crippen molar-refractivity contribution in [2.45, 2.75) is 33.6 Å². The monoisotopic (exact) mass is 477 g/mol. The number of fused-ring (bicyclic) bond motifs is 1. The Morgan fingerprint density at radius 2 is 1.56 bits per heavy atom. The van der Waals surface area contributed by atoms with Crippen LogP contribution in [0, 0.1) is 12.3 Å². The Morgan fingerprint density at radius 3 is 2.22 bits per heavy atom. The average Bonchev–Trinajstić information content (AvgIpc) is 2.84. The molecular formula is C30H27N3O3. The summed E-state index contributed by atoms with van der Waals surface area (Å²) in [7, 11) is 0. The first-order chi connectivity index (χ1) is 17.2. The van der Waals surface area contributed by atoms with Crippen molar-refractivity contribution < 1.29 is 9.90 Å². The summed E-state index contributed by atoms with van der Waals surface area (Å²) in [6.45, 7) is 5.77. The van der Waals surface area contributed by atoms with Crippen molar-refractivity contribution in [3.63, 3.8) is 0 Å². The maximum atomic E-state index is 13.1. The van der Waals surface area contributed by atoms with E-state index < -0.39 is 0 Å². The lowest BCUT2D eigenvalue weighted by Gasteiger charge is -2.28. The second kappa shape index (κ2) is 9.04. The summed E-state index contributed by atoms with van der Waals surface area (Å²) in [5.74, 6) is 0.655. The molecular weight excluding hydrogens is 450 g/mol. The molecule has 0 saturated carbocycles. The molecule has 180 valence electrons. The molecule has 5 rings (SSSR count). The Morgan fingerprint density at radius 1 is 0.917 bits per heavy atom. The highest BCUT2D eigenvalue weighted by molar-refractivity contribution is 6.14. The minimum absolute atomic E-state index is 0.0832. The molecule has 0 amide bonds. The first-order valence-corrected chi connectivity index (χ1v) is 11.9. The summed E-state index contributed by atoms with van der Waals surface area (Å²) in [4.78, 5) is 34.4. The van der Waals surface area contributed by atoms with Gasteiger partial charge in [0.25, 0.3) is 5.56 Å². The molecule has 6 nitrogen and oxygen atoms in total. The molecule has 0 saturated heterocycles. The molecule has 1 aliphatic rings. The minimum Gasteiger partial charge on any atom is -0.511 e. The quantitative estimate of drug-likeness (QED) is 0.351. The van der Waals surface area contributed by atoms with Gasteiger partial charge in [-0.2, -0.15) is 0 Å². The third kappa shape index (κ3) is 4.50. The maximum Gasteiger partial charge on any atom is 0.265 e. The van der Waals surface area contributed by atoms with Crippen LogP contribution >= 0.6 is 0 Å². The van der Waals surface area contributed by atoms with Crippen molar-refractivity contribution in [1.82, 2.24) is 9.55 Å². The number of Topliss-reactive ketones (excluding diaryl/α,β-unsaturated/α-hetero) is 1. The molecule has 0 aliphatic heterocycles. The summed E-state index contributed by atoms with van der Waals surface area (Å²) in [6, 6.07) is 22.8. The molecule has 0 spiro atoms. The number of aliphatic hydroxyl groups is 1. The van der Waals surface area contributed by atoms with Gasteiger partial charge in [0.2, 0.25) is 0 Å². The SMILES string of the molecule is Cc1nc2ccccc2c(=O)n1-c1ccc(-c2ccc(N=CC3=C(O)CC(C)(C)CC3=O)cc2)cc1. The van der Waals surface area contributed by atoms with Crippen molar-refractivity contribution in [3.05, 3.63) is 100 Å². The highest BCUT2D eigenvalue weighted by Gasteiger charge is 2.32. The maximum absolute atomic E-state index is 13.1. The second-order valence-electron chi connectivity index (χ2n) is 9.97. The van der Waals surface area contributed by atoms with Crippen molar-refractivity contribution in [2.24, 2.45) is 10.4 Å². The first-order valence-electron chi connectivity index (χ1n) is 11.9. The van der Waals surface area contributed by atoms with Crippen LogP contribution in [0.1, 0.15) is 32.5 Å². The fourth-order valence-electron chi connectivity index (χ4n) is 4.68. The zero-order chi connectivity index (χ0) is 25.4. The Balaban J connectivity index is 1.37. The van der Waals surface area contributed by atoms with Gasteiger partial charge in [0, 0.05) is 19.1 Å². The lowest BCUT2D eigenvalue weighted by atomic mass is 9.77. The number of hydrogen-bond acceptors (Lipinski definition) is 5. The summed E-state index contributed by atoms with van der Waals surface area (Å²) >= 11 is 0. The minimum atomic E-state index is -0.229. The van der Waals surface area contributed by atoms with Gasteiger partial charge in [-0.15, -0.1) is 0 Å². The Kier molecular flexibility index (Phi) is 5.88. The normalized spacial score (nSPS) is 15.7. The molecule has 1 heterocycles. The standard InChI is InChI=1S/C30H27N3O3/c1-19-32-26-7-5-4-6-24(26)29(36)33(19)23-14-10-21(11-15-23)20-8-12-22(13-9-20)31-18-25-27(34)16-30(2,3)17-28(25)35/h4-15,18,34H,16-17H2,1-3H3. The molecule has 3 aromatic carbocycles. The van der Waals surface area contributed by atoms with Gasteiger partial charge in [-0.25, -0.2) is 4.98 Å². The number of aliphatic hydroxyl groups excluding tert-OH is 1. The van der Waals surface area contributed by atoms with Crippen LogP contribution < -0.4 is 5.56 Å². The average molecular weight is 478 g/mol. The van der Waals surface area contributed by atoms with Crippen LogP contribution in [-0.4, -0.2) is 26.7 Å². The summed E-state index contributed by atoms with van der Waals surface area (Å²) in [6.07, 6.45) is 2.33. The Bertz CT molecular complexity index is 1590. The van der Waals surface area contributed by atoms with E-state index >= 15 is 0 Å². The molecule has 6 heteroatoms. The second-order valence-corrected chi connectivity index (χ2v) is 9.97. The first kappa shape index (κ1) is 23.4. The number of para-hydroxylation sites is 1. The molecule has 0 radical (unpaired) electrons. The van der Waals surface area contributed by atoms with Crippen molar-refractivity contribution in [2.75, 3.05) is 0 Å². The van der Waals surface area contributed by atoms with Gasteiger partial charge in [-0.3, -0.25) is 19.1 Å². The molecule has 0 bridgehead atoms. The molecule has 0 unspecified atom stereocenters. The van der Waals surface area contributed by atoms with Crippen LogP contribution in [0.25, 0.3) is 27.7 Å². The summed E-state index contributed by atoms with van der Waals surface area (Å²) in [5, 5.41) is 10.9. The van der Waals surface area contributed by atoms with Gasteiger partial charge in [0.1, 0.15) is 11.6 Å². The topological polar surface area (TPSA) is 84.6 Å². The van der Waals surface area contributed by atoms with Gasteiger partial charge >= 0.3 is 0 Å². The number of carbonyl (C=O) groups is 1. The lowest BCUT2D eigenvalue weighted by Crippen LogP contribution is -2.26. The van der Waals surface area contributed by atoms with Crippen molar-refractivity contribution >= 4 is 28.6 Å². The number of aromatic nitrogens is 2. The molecule has 0 atom stereocenters. The largest absolute Gasteiger partial charge is 0.511 e. The van der Waals surface area contributed by atoms with E-state index in [-0.39, 0.29) is 22.5 Å². The van der Waals surface area contributed by atoms with Crippen LogP contribution in [0.2, 0.25) is 0 Å². The number of hydrogen-bond donors (Lipinski definition) is 1. The molecule has 1 aromatic heterocycles. The van der Waals surface area contributed by atoms with Crippen molar-refractivity contribution in [3.8, 4) is 16.8 Å². The van der Waals surface area contributed by atoms with Crippen LogP contribution in [-0.2, 0) is 4.79 Å². The third-order valence-corrected chi connectivity index (χ3v) is 6.51. The van der Waals surface area contributed by atoms with E-state index in [1.54, 1.807) is 10.6 Å². The van der Waals surface area contributed by atoms with E-state index in [2.05, 4.69) is 9.98 Å². The predicted octanol–water partition coefficient (Wildman–Crippen LogP) is 6.26.